The van der Waals surface area contributed by atoms with Crippen LogP contribution < -0.4 is 5.32 Å². The van der Waals surface area contributed by atoms with E-state index >= 15 is 0 Å². The first-order valence-electron chi connectivity index (χ1n) is 5.83. The number of hydrogen-bond acceptors (Lipinski definition) is 4. The first-order chi connectivity index (χ1) is 8.85. The second-order valence-electron chi connectivity index (χ2n) is 4.02. The molecule has 3 aromatic rings. The molecule has 0 saturated carbocycles. The van der Waals surface area contributed by atoms with Crippen molar-refractivity contribution in [1.29, 1.82) is 0 Å². The fourth-order valence-electron chi connectivity index (χ4n) is 1.87. The number of nitrogens with one attached hydrogen (secondary N) is 1. The predicted octanol–water partition coefficient (Wildman–Crippen LogP) is 3.32. The molecule has 2 aromatic heterocycles. The maximum atomic E-state index is 4.62. The molecule has 3 rings (SSSR count). The van der Waals surface area contributed by atoms with Crippen LogP contribution in [0.2, 0.25) is 0 Å². The summed E-state index contributed by atoms with van der Waals surface area (Å²) in [4.78, 5) is 9.13. The quantitative estimate of drug-likeness (QED) is 0.780. The van der Waals surface area contributed by atoms with Crippen molar-refractivity contribution in [2.75, 3.05) is 12.4 Å². The second kappa shape index (κ2) is 4.74. The van der Waals surface area contributed by atoms with Gasteiger partial charge in [-0.05, 0) is 24.3 Å². The predicted molar refractivity (Wildman–Crippen MR) is 76.2 cm³/mol. The maximum Gasteiger partial charge on any atom is 0.125 e. The number of fused-ring (bicyclic) bond motifs is 1. The van der Waals surface area contributed by atoms with E-state index in [1.165, 1.54) is 4.70 Å². The molecule has 0 fully saturated rings. The van der Waals surface area contributed by atoms with Crippen LogP contribution >= 0.6 is 11.3 Å². The van der Waals surface area contributed by atoms with Crippen molar-refractivity contribution in [1.82, 2.24) is 9.97 Å². The van der Waals surface area contributed by atoms with Crippen LogP contribution in [0.4, 0.5) is 5.82 Å². The van der Waals surface area contributed by atoms with Crippen molar-refractivity contribution in [2.45, 2.75) is 6.42 Å². The van der Waals surface area contributed by atoms with Crippen molar-refractivity contribution in [2.24, 2.45) is 0 Å². The Hall–Kier alpha value is -1.94. The summed E-state index contributed by atoms with van der Waals surface area (Å²) in [7, 11) is 1.88. The summed E-state index contributed by atoms with van der Waals surface area (Å²) in [6.45, 7) is 0. The van der Waals surface area contributed by atoms with Crippen LogP contribution in [-0.4, -0.2) is 17.0 Å². The van der Waals surface area contributed by atoms with Gasteiger partial charge in [-0.3, -0.25) is 0 Å². The smallest absolute Gasteiger partial charge is 0.125 e. The van der Waals surface area contributed by atoms with Gasteiger partial charge in [-0.2, -0.15) is 0 Å². The van der Waals surface area contributed by atoms with Crippen molar-refractivity contribution in [3.05, 3.63) is 53.2 Å². The number of para-hydroxylation sites is 1. The molecule has 0 radical (unpaired) electrons. The average molecular weight is 255 g/mol. The summed E-state index contributed by atoms with van der Waals surface area (Å²) in [5.74, 6) is 0.897. The van der Waals surface area contributed by atoms with E-state index < -0.39 is 0 Å². The highest BCUT2D eigenvalue weighted by molar-refractivity contribution is 7.18. The third-order valence-electron chi connectivity index (χ3n) is 2.73. The molecule has 0 spiro atoms. The van der Waals surface area contributed by atoms with E-state index in [0.717, 1.165) is 28.5 Å². The van der Waals surface area contributed by atoms with Gasteiger partial charge < -0.3 is 5.32 Å². The minimum atomic E-state index is 0.787. The maximum absolute atomic E-state index is 4.62. The Kier molecular flexibility index (Phi) is 2.94. The van der Waals surface area contributed by atoms with Gasteiger partial charge in [-0.25, -0.2) is 9.97 Å². The molecular weight excluding hydrogens is 242 g/mol. The number of benzene rings is 1. The standard InChI is InChI=1S/C14H13N3S/c1-15-13-8-4-5-10(16-13)9-14-17-11-6-2-3-7-12(11)18-14/h2-8H,9H2,1H3,(H,15,16). The van der Waals surface area contributed by atoms with Crippen LogP contribution in [-0.2, 0) is 6.42 Å². The fraction of sp³-hybridized carbons (Fsp3) is 0.143. The lowest BCUT2D eigenvalue weighted by molar-refractivity contribution is 1.06. The number of thiazole rings is 1. The Balaban J connectivity index is 1.91. The summed E-state index contributed by atoms with van der Waals surface area (Å²) >= 11 is 1.73. The molecule has 90 valence electrons. The van der Waals surface area contributed by atoms with Crippen LogP contribution in [0.25, 0.3) is 10.2 Å². The monoisotopic (exact) mass is 255 g/mol. The Labute approximate surface area is 110 Å². The molecular formula is C14H13N3S. The zero-order valence-corrected chi connectivity index (χ0v) is 10.9. The fourth-order valence-corrected chi connectivity index (χ4v) is 2.85. The lowest BCUT2D eigenvalue weighted by Gasteiger charge is -2.01. The number of rotatable bonds is 3. The average Bonchev–Trinajstić information content (AvgIpc) is 2.81. The highest BCUT2D eigenvalue weighted by Gasteiger charge is 2.05. The summed E-state index contributed by atoms with van der Waals surface area (Å²) in [5, 5.41) is 4.16. The molecule has 4 heteroatoms. The Morgan fingerprint density at radius 2 is 1.94 bits per heavy atom. The Morgan fingerprint density at radius 3 is 2.78 bits per heavy atom. The topological polar surface area (TPSA) is 37.8 Å². The molecule has 0 aliphatic heterocycles. The Morgan fingerprint density at radius 1 is 1.06 bits per heavy atom. The second-order valence-corrected chi connectivity index (χ2v) is 5.13. The SMILES string of the molecule is CNc1cccc(Cc2nc3ccccc3s2)n1. The van der Waals surface area contributed by atoms with Crippen LogP contribution in [0.1, 0.15) is 10.7 Å². The minimum absolute atomic E-state index is 0.787. The van der Waals surface area contributed by atoms with Crippen LogP contribution in [0.15, 0.2) is 42.5 Å². The van der Waals surface area contributed by atoms with Gasteiger partial charge in [0.2, 0.25) is 0 Å². The van der Waals surface area contributed by atoms with E-state index in [4.69, 9.17) is 0 Å². The number of nitrogens with zero attached hydrogens (tertiary/aromatic N) is 2. The molecule has 0 bridgehead atoms. The molecule has 2 heterocycles. The van der Waals surface area contributed by atoms with Gasteiger partial charge in [0.25, 0.3) is 0 Å². The zero-order chi connectivity index (χ0) is 12.4. The van der Waals surface area contributed by atoms with Gasteiger partial charge in [0.15, 0.2) is 0 Å². The van der Waals surface area contributed by atoms with Crippen molar-refractivity contribution < 1.29 is 0 Å². The molecule has 0 saturated heterocycles. The number of pyridine rings is 1. The number of hydrogen-bond donors (Lipinski definition) is 1. The van der Waals surface area contributed by atoms with Gasteiger partial charge in [0.05, 0.1) is 15.2 Å². The number of anilines is 1. The van der Waals surface area contributed by atoms with Crippen molar-refractivity contribution in [3.8, 4) is 0 Å². The van der Waals surface area contributed by atoms with E-state index in [0.29, 0.717) is 0 Å². The highest BCUT2D eigenvalue weighted by atomic mass is 32.1. The molecule has 0 aliphatic rings. The normalized spacial score (nSPS) is 10.7. The summed E-state index contributed by atoms with van der Waals surface area (Å²) in [6.07, 6.45) is 0.787. The zero-order valence-electron chi connectivity index (χ0n) is 10.1. The molecule has 0 amide bonds. The minimum Gasteiger partial charge on any atom is -0.373 e. The first kappa shape index (κ1) is 11.2. The lowest BCUT2D eigenvalue weighted by atomic mass is 10.3. The van der Waals surface area contributed by atoms with Crippen LogP contribution in [0, 0.1) is 0 Å². The lowest BCUT2D eigenvalue weighted by Crippen LogP contribution is -1.96. The highest BCUT2D eigenvalue weighted by Crippen LogP contribution is 2.23. The van der Waals surface area contributed by atoms with Gasteiger partial charge >= 0.3 is 0 Å². The summed E-state index contributed by atoms with van der Waals surface area (Å²) in [5.41, 5.74) is 2.11. The largest absolute Gasteiger partial charge is 0.373 e. The van der Waals surface area contributed by atoms with Crippen LogP contribution in [0.5, 0.6) is 0 Å². The van der Waals surface area contributed by atoms with E-state index in [1.807, 2.05) is 43.4 Å². The van der Waals surface area contributed by atoms with Gasteiger partial charge in [-0.15, -0.1) is 11.3 Å². The van der Waals surface area contributed by atoms with E-state index in [2.05, 4.69) is 21.4 Å². The molecule has 0 aliphatic carbocycles. The molecule has 1 N–H and O–H groups in total. The van der Waals surface area contributed by atoms with Gasteiger partial charge in [-0.1, -0.05) is 18.2 Å². The molecule has 3 nitrogen and oxygen atoms in total. The van der Waals surface area contributed by atoms with E-state index in [-0.39, 0.29) is 0 Å². The van der Waals surface area contributed by atoms with Gasteiger partial charge in [0, 0.05) is 19.2 Å². The van der Waals surface area contributed by atoms with E-state index in [9.17, 15) is 0 Å². The van der Waals surface area contributed by atoms with E-state index in [1.54, 1.807) is 11.3 Å². The van der Waals surface area contributed by atoms with Gasteiger partial charge in [0.1, 0.15) is 5.82 Å². The molecule has 0 atom stereocenters. The first-order valence-corrected chi connectivity index (χ1v) is 6.65. The molecule has 1 aromatic carbocycles. The third kappa shape index (κ3) is 2.19. The summed E-state index contributed by atoms with van der Waals surface area (Å²) in [6, 6.07) is 14.2. The number of aromatic nitrogens is 2. The Bertz CT molecular complexity index is 642. The third-order valence-corrected chi connectivity index (χ3v) is 3.77. The molecule has 18 heavy (non-hydrogen) atoms. The molecule has 0 unspecified atom stereocenters. The van der Waals surface area contributed by atoms with Crippen molar-refractivity contribution in [3.63, 3.8) is 0 Å². The van der Waals surface area contributed by atoms with Crippen LogP contribution in [0.3, 0.4) is 0 Å². The summed E-state index contributed by atoms with van der Waals surface area (Å²) < 4.78 is 1.23. The van der Waals surface area contributed by atoms with Crippen molar-refractivity contribution >= 4 is 27.4 Å².